The van der Waals surface area contributed by atoms with Crippen LogP contribution in [0.1, 0.15) is 25.3 Å². The molecule has 1 unspecified atom stereocenters. The monoisotopic (exact) mass is 392 g/mol. The van der Waals surface area contributed by atoms with Crippen LogP contribution in [-0.2, 0) is 4.79 Å². The lowest BCUT2D eigenvalue weighted by Crippen LogP contribution is -2.53. The van der Waals surface area contributed by atoms with Crippen LogP contribution in [0.3, 0.4) is 0 Å². The molecule has 0 bridgehead atoms. The number of halogens is 2. The maximum atomic E-state index is 12.1. The quantitative estimate of drug-likeness (QED) is 0.727. The van der Waals surface area contributed by atoms with Crippen molar-refractivity contribution >= 4 is 46.0 Å². The molecule has 1 saturated carbocycles. The third-order valence-electron chi connectivity index (χ3n) is 3.82. The smallest absolute Gasteiger partial charge is 0.230 e. The van der Waals surface area contributed by atoms with Crippen molar-refractivity contribution < 1.29 is 4.79 Å². The zero-order valence-electron chi connectivity index (χ0n) is 12.3. The summed E-state index contributed by atoms with van der Waals surface area (Å²) in [4.78, 5) is 13.2. The summed E-state index contributed by atoms with van der Waals surface area (Å²) in [6.45, 7) is 4.61. The highest BCUT2D eigenvalue weighted by molar-refractivity contribution is 9.10. The van der Waals surface area contributed by atoms with E-state index >= 15 is 0 Å². The Morgan fingerprint density at radius 1 is 1.52 bits per heavy atom. The molecule has 3 N–H and O–H groups in total. The first-order valence-electron chi connectivity index (χ1n) is 6.84. The number of rotatable bonds is 6. The fourth-order valence-electron chi connectivity index (χ4n) is 2.31. The van der Waals surface area contributed by atoms with Gasteiger partial charge >= 0.3 is 0 Å². The topological polar surface area (TPSA) is 55.1 Å². The van der Waals surface area contributed by atoms with Crippen molar-refractivity contribution in [2.24, 2.45) is 11.7 Å². The van der Waals surface area contributed by atoms with Crippen molar-refractivity contribution in [3.63, 3.8) is 0 Å². The van der Waals surface area contributed by atoms with Gasteiger partial charge in [0.05, 0.1) is 11.3 Å². The molecule has 6 heteroatoms. The lowest BCUT2D eigenvalue weighted by Gasteiger charge is -2.29. The fraction of sp³-hybridized carbons (Fsp3) is 0.533. The van der Waals surface area contributed by atoms with E-state index in [0.717, 1.165) is 9.37 Å². The second-order valence-corrected chi connectivity index (χ2v) is 7.58. The highest BCUT2D eigenvalue weighted by Crippen LogP contribution is 2.39. The number of carbonyl (C=O) groups is 1. The molecule has 1 aliphatic rings. The Morgan fingerprint density at radius 3 is 2.71 bits per heavy atom. The van der Waals surface area contributed by atoms with Crippen LogP contribution >= 0.6 is 40.1 Å². The van der Waals surface area contributed by atoms with Crippen LogP contribution in [0.5, 0.6) is 0 Å². The molecule has 0 aliphatic heterocycles. The van der Waals surface area contributed by atoms with Crippen LogP contribution in [0.25, 0.3) is 0 Å². The third kappa shape index (κ3) is 5.16. The molecular formula is C15H22BrClN2OS. The third-order valence-corrected chi connectivity index (χ3v) is 5.49. The van der Waals surface area contributed by atoms with Crippen molar-refractivity contribution in [3.05, 3.63) is 28.2 Å². The minimum atomic E-state index is -0.230. The summed E-state index contributed by atoms with van der Waals surface area (Å²) in [5.74, 6) is 1.05. The summed E-state index contributed by atoms with van der Waals surface area (Å²) in [7, 11) is 0. The van der Waals surface area contributed by atoms with E-state index in [4.69, 9.17) is 5.73 Å². The number of amides is 1. The molecule has 1 aromatic carbocycles. The minimum Gasteiger partial charge on any atom is -0.349 e. The molecule has 1 aromatic rings. The van der Waals surface area contributed by atoms with Gasteiger partial charge in [-0.2, -0.15) is 0 Å². The molecule has 0 aromatic heterocycles. The summed E-state index contributed by atoms with van der Waals surface area (Å²) in [5, 5.41) is 3.11. The van der Waals surface area contributed by atoms with Gasteiger partial charge in [-0.15, -0.1) is 24.2 Å². The van der Waals surface area contributed by atoms with E-state index in [-0.39, 0.29) is 23.9 Å². The van der Waals surface area contributed by atoms with Gasteiger partial charge in [0.15, 0.2) is 0 Å². The van der Waals surface area contributed by atoms with Gasteiger partial charge in [0.1, 0.15) is 0 Å². The molecule has 1 aliphatic carbocycles. The van der Waals surface area contributed by atoms with Crippen molar-refractivity contribution in [2.45, 2.75) is 37.1 Å². The number of hydrogen-bond donors (Lipinski definition) is 2. The Bertz CT molecular complexity index is 510. The van der Waals surface area contributed by atoms with E-state index in [1.165, 1.54) is 18.4 Å². The van der Waals surface area contributed by atoms with Gasteiger partial charge in [-0.25, -0.2) is 0 Å². The van der Waals surface area contributed by atoms with E-state index in [1.54, 1.807) is 11.8 Å². The standard InChI is InChI=1S/C15H21BrN2OS.ClH/c1-10-7-12(16)5-6-13(10)20-8-14(19)18-15(2,9-17)11-3-4-11;/h5-7,11H,3-4,8-9,17H2,1-2H3,(H,18,19);1H. The average molecular weight is 394 g/mol. The summed E-state index contributed by atoms with van der Waals surface area (Å²) >= 11 is 5.02. The zero-order valence-corrected chi connectivity index (χ0v) is 15.5. The highest BCUT2D eigenvalue weighted by Gasteiger charge is 2.41. The molecule has 0 heterocycles. The van der Waals surface area contributed by atoms with E-state index < -0.39 is 0 Å². The van der Waals surface area contributed by atoms with Crippen LogP contribution in [0.2, 0.25) is 0 Å². The predicted octanol–water partition coefficient (Wildman–Crippen LogP) is 3.52. The molecule has 118 valence electrons. The predicted molar refractivity (Wildman–Crippen MR) is 95.2 cm³/mol. The molecular weight excluding hydrogens is 372 g/mol. The molecule has 0 radical (unpaired) electrons. The lowest BCUT2D eigenvalue weighted by atomic mass is 9.96. The van der Waals surface area contributed by atoms with E-state index in [2.05, 4.69) is 41.2 Å². The molecule has 1 fully saturated rings. The minimum absolute atomic E-state index is 0. The maximum absolute atomic E-state index is 12.1. The Balaban J connectivity index is 0.00000220. The number of nitrogens with one attached hydrogen (secondary N) is 1. The lowest BCUT2D eigenvalue weighted by molar-refractivity contribution is -0.120. The number of hydrogen-bond acceptors (Lipinski definition) is 3. The van der Waals surface area contributed by atoms with Crippen LogP contribution in [0.4, 0.5) is 0 Å². The Hall–Kier alpha value is -0.230. The van der Waals surface area contributed by atoms with Crippen LogP contribution < -0.4 is 11.1 Å². The van der Waals surface area contributed by atoms with Gasteiger partial charge in [0.25, 0.3) is 0 Å². The zero-order chi connectivity index (χ0) is 14.8. The van der Waals surface area contributed by atoms with Gasteiger partial charge in [0, 0.05) is 15.9 Å². The Morgan fingerprint density at radius 2 is 2.19 bits per heavy atom. The Labute approximate surface area is 145 Å². The normalized spacial score (nSPS) is 16.8. The Kier molecular flexibility index (Phi) is 7.04. The number of nitrogens with two attached hydrogens (primary N) is 1. The van der Waals surface area contributed by atoms with Crippen molar-refractivity contribution in [3.8, 4) is 0 Å². The first-order chi connectivity index (χ1) is 9.44. The van der Waals surface area contributed by atoms with Gasteiger partial charge in [-0.3, -0.25) is 4.79 Å². The van der Waals surface area contributed by atoms with Gasteiger partial charge in [-0.1, -0.05) is 15.9 Å². The van der Waals surface area contributed by atoms with Gasteiger partial charge < -0.3 is 11.1 Å². The van der Waals surface area contributed by atoms with E-state index in [9.17, 15) is 4.79 Å². The molecule has 21 heavy (non-hydrogen) atoms. The molecule has 2 rings (SSSR count). The molecule has 0 spiro atoms. The van der Waals surface area contributed by atoms with E-state index in [0.29, 0.717) is 18.2 Å². The van der Waals surface area contributed by atoms with Gasteiger partial charge in [-0.05, 0) is 56.4 Å². The average Bonchev–Trinajstić information content (AvgIpc) is 3.22. The molecule has 3 nitrogen and oxygen atoms in total. The van der Waals surface area contributed by atoms with Crippen molar-refractivity contribution in [1.29, 1.82) is 0 Å². The van der Waals surface area contributed by atoms with Crippen LogP contribution in [-0.4, -0.2) is 23.7 Å². The van der Waals surface area contributed by atoms with Crippen molar-refractivity contribution in [2.75, 3.05) is 12.3 Å². The summed E-state index contributed by atoms with van der Waals surface area (Å²) in [6.07, 6.45) is 2.35. The maximum Gasteiger partial charge on any atom is 0.230 e. The fourth-order valence-corrected chi connectivity index (χ4v) is 3.60. The number of benzene rings is 1. The number of thioether (sulfide) groups is 1. The SMILES string of the molecule is Cc1cc(Br)ccc1SCC(=O)NC(C)(CN)C1CC1.Cl. The number of carbonyl (C=O) groups excluding carboxylic acids is 1. The van der Waals surface area contributed by atoms with Gasteiger partial charge in [0.2, 0.25) is 5.91 Å². The summed E-state index contributed by atoms with van der Waals surface area (Å²) < 4.78 is 1.06. The second-order valence-electron chi connectivity index (χ2n) is 5.64. The van der Waals surface area contributed by atoms with Crippen LogP contribution in [0.15, 0.2) is 27.6 Å². The first kappa shape index (κ1) is 18.8. The first-order valence-corrected chi connectivity index (χ1v) is 8.62. The second kappa shape index (κ2) is 7.86. The number of aryl methyl sites for hydroxylation is 1. The molecule has 1 atom stereocenters. The van der Waals surface area contributed by atoms with Crippen molar-refractivity contribution in [1.82, 2.24) is 5.32 Å². The van der Waals surface area contributed by atoms with Crippen LogP contribution in [0, 0.1) is 12.8 Å². The van der Waals surface area contributed by atoms with E-state index in [1.807, 2.05) is 12.1 Å². The molecule has 1 amide bonds. The highest BCUT2D eigenvalue weighted by atomic mass is 79.9. The molecule has 0 saturated heterocycles. The summed E-state index contributed by atoms with van der Waals surface area (Å²) in [6, 6.07) is 6.11. The summed E-state index contributed by atoms with van der Waals surface area (Å²) in [5.41, 5.74) is 6.77. The largest absolute Gasteiger partial charge is 0.349 e.